The second kappa shape index (κ2) is 10.9. The molecule has 152 valence electrons. The molecule has 0 saturated heterocycles. The first-order chi connectivity index (χ1) is 13.7. The van der Waals surface area contributed by atoms with E-state index in [2.05, 4.69) is 17.4 Å². The molecule has 3 rings (SSSR count). The zero-order valence-corrected chi connectivity index (χ0v) is 16.5. The lowest BCUT2D eigenvalue weighted by atomic mass is 10.1. The van der Waals surface area contributed by atoms with Crippen LogP contribution in [0.4, 0.5) is 9.18 Å². The number of hydroxylamine groups is 1. The number of hydrogen-bond acceptors (Lipinski definition) is 4. The van der Waals surface area contributed by atoms with Crippen molar-refractivity contribution in [1.82, 2.24) is 15.5 Å². The average molecular weight is 387 g/mol. The van der Waals surface area contributed by atoms with Crippen LogP contribution in [0.3, 0.4) is 0 Å². The van der Waals surface area contributed by atoms with Gasteiger partial charge in [-0.3, -0.25) is 9.74 Å². The van der Waals surface area contributed by atoms with E-state index in [-0.39, 0.29) is 12.4 Å². The summed E-state index contributed by atoms with van der Waals surface area (Å²) in [5.74, 6) is 2.81. The minimum atomic E-state index is -0.518. The summed E-state index contributed by atoms with van der Waals surface area (Å²) in [6.45, 7) is 1.28. The fourth-order valence-electron chi connectivity index (χ4n) is 3.62. The van der Waals surface area contributed by atoms with Gasteiger partial charge in [-0.15, -0.1) is 0 Å². The quantitative estimate of drug-likeness (QED) is 0.698. The van der Waals surface area contributed by atoms with Crippen LogP contribution in [0.1, 0.15) is 75.3 Å². The lowest BCUT2D eigenvalue weighted by Gasteiger charge is -2.21. The fourth-order valence-corrected chi connectivity index (χ4v) is 3.62. The molecular formula is C22H30FN3O2. The molecule has 2 aliphatic heterocycles. The van der Waals surface area contributed by atoms with Crippen molar-refractivity contribution >= 4 is 6.09 Å². The highest BCUT2D eigenvalue weighted by Crippen LogP contribution is 2.25. The average Bonchev–Trinajstić information content (AvgIpc) is 3.12. The molecule has 6 heteroatoms. The molecule has 0 fully saturated rings. The molecule has 0 bridgehead atoms. The fraction of sp³-hybridized carbons (Fsp3) is 0.591. The van der Waals surface area contributed by atoms with Crippen LogP contribution in [0.25, 0.3) is 0 Å². The molecule has 1 N–H and O–H groups in total. The van der Waals surface area contributed by atoms with Gasteiger partial charge in [-0.25, -0.2) is 9.18 Å². The van der Waals surface area contributed by atoms with Crippen molar-refractivity contribution in [2.24, 2.45) is 0 Å². The smallest absolute Gasteiger partial charge is 0.298 e. The van der Waals surface area contributed by atoms with Crippen molar-refractivity contribution in [2.45, 2.75) is 77.3 Å². The number of benzene rings is 1. The predicted molar refractivity (Wildman–Crippen MR) is 106 cm³/mol. The SMILES string of the molecule is O=C(ON1C#CCCCCCCCCCCCN1)N1Cc2cccc(F)c2C1. The number of nitrogens with one attached hydrogen (secondary N) is 1. The normalized spacial score (nSPS) is 19.0. The number of hydrazine groups is 1. The summed E-state index contributed by atoms with van der Waals surface area (Å²) in [5.41, 5.74) is 4.48. The standard InChI is InChI=1S/C22H30FN3O2/c23-21-14-12-13-19-17-25(18-20(19)21)22(27)28-26-16-11-9-7-5-3-1-2-4-6-8-10-15-24-26/h12-14,24H,1-10,15,17-18H2. The van der Waals surface area contributed by atoms with E-state index in [0.29, 0.717) is 18.7 Å². The Labute approximate surface area is 167 Å². The topological polar surface area (TPSA) is 44.8 Å². The maximum absolute atomic E-state index is 13.9. The highest BCUT2D eigenvalue weighted by Gasteiger charge is 2.28. The summed E-state index contributed by atoms with van der Waals surface area (Å²) in [7, 11) is 0. The first-order valence-corrected chi connectivity index (χ1v) is 10.5. The van der Waals surface area contributed by atoms with Crippen LogP contribution in [-0.4, -0.2) is 22.7 Å². The minimum absolute atomic E-state index is 0.224. The third-order valence-corrected chi connectivity index (χ3v) is 5.27. The number of carbonyl (C=O) groups excluding carboxylic acids is 1. The third-order valence-electron chi connectivity index (χ3n) is 5.27. The molecule has 1 aromatic rings. The molecule has 1 amide bonds. The molecule has 0 aromatic heterocycles. The van der Waals surface area contributed by atoms with E-state index in [4.69, 9.17) is 4.84 Å². The molecule has 0 saturated carbocycles. The summed E-state index contributed by atoms with van der Waals surface area (Å²) >= 11 is 0. The van der Waals surface area contributed by atoms with Gasteiger partial charge >= 0.3 is 6.09 Å². The zero-order chi connectivity index (χ0) is 19.6. The van der Waals surface area contributed by atoms with Crippen LogP contribution in [0.15, 0.2) is 18.2 Å². The first kappa shape index (κ1) is 20.5. The summed E-state index contributed by atoms with van der Waals surface area (Å²) in [4.78, 5) is 19.5. The maximum Gasteiger partial charge on any atom is 0.436 e. The van der Waals surface area contributed by atoms with Gasteiger partial charge < -0.3 is 0 Å². The van der Waals surface area contributed by atoms with Gasteiger partial charge in [-0.1, -0.05) is 68.2 Å². The monoisotopic (exact) mass is 387 g/mol. The number of nitrogens with zero attached hydrogens (tertiary/aromatic N) is 2. The third kappa shape index (κ3) is 6.13. The van der Waals surface area contributed by atoms with Gasteiger partial charge in [0.25, 0.3) is 0 Å². The predicted octanol–water partition coefficient (Wildman–Crippen LogP) is 4.88. The summed E-state index contributed by atoms with van der Waals surface area (Å²) in [6, 6.07) is 7.83. The molecule has 0 spiro atoms. The molecule has 28 heavy (non-hydrogen) atoms. The Bertz CT molecular complexity index is 713. The van der Waals surface area contributed by atoms with E-state index >= 15 is 0 Å². The molecular weight excluding hydrogens is 357 g/mol. The number of halogens is 1. The van der Waals surface area contributed by atoms with E-state index in [1.165, 1.54) is 54.7 Å². The van der Waals surface area contributed by atoms with Crippen molar-refractivity contribution in [3.8, 4) is 12.0 Å². The van der Waals surface area contributed by atoms with E-state index in [1.807, 2.05) is 6.07 Å². The Morgan fingerprint density at radius 1 is 1.00 bits per heavy atom. The Morgan fingerprint density at radius 2 is 1.71 bits per heavy atom. The highest BCUT2D eigenvalue weighted by atomic mass is 19.1. The van der Waals surface area contributed by atoms with E-state index in [0.717, 1.165) is 31.2 Å². The lowest BCUT2D eigenvalue weighted by Crippen LogP contribution is -2.40. The van der Waals surface area contributed by atoms with Gasteiger partial charge in [0, 0.05) is 25.1 Å². The van der Waals surface area contributed by atoms with Crippen molar-refractivity contribution in [2.75, 3.05) is 6.54 Å². The van der Waals surface area contributed by atoms with Gasteiger partial charge in [-0.05, 0) is 24.5 Å². The molecule has 5 nitrogen and oxygen atoms in total. The van der Waals surface area contributed by atoms with Gasteiger partial charge in [0.15, 0.2) is 0 Å². The van der Waals surface area contributed by atoms with Crippen LogP contribution in [0.2, 0.25) is 0 Å². The van der Waals surface area contributed by atoms with Crippen LogP contribution < -0.4 is 5.43 Å². The van der Waals surface area contributed by atoms with Gasteiger partial charge in [-0.2, -0.15) is 5.43 Å². The largest absolute Gasteiger partial charge is 0.436 e. The minimum Gasteiger partial charge on any atom is -0.298 e. The van der Waals surface area contributed by atoms with Gasteiger partial charge in [0.1, 0.15) is 5.82 Å². The van der Waals surface area contributed by atoms with Crippen molar-refractivity contribution in [3.63, 3.8) is 0 Å². The van der Waals surface area contributed by atoms with Gasteiger partial charge in [0.2, 0.25) is 0 Å². The van der Waals surface area contributed by atoms with E-state index in [9.17, 15) is 9.18 Å². The highest BCUT2D eigenvalue weighted by molar-refractivity contribution is 5.68. The summed E-state index contributed by atoms with van der Waals surface area (Å²) in [6.07, 6.45) is 11.1. The van der Waals surface area contributed by atoms with Crippen LogP contribution in [-0.2, 0) is 17.9 Å². The number of rotatable bonds is 1. The van der Waals surface area contributed by atoms with Crippen molar-refractivity contribution in [3.05, 3.63) is 35.1 Å². The van der Waals surface area contributed by atoms with Gasteiger partial charge in [0.05, 0.1) is 12.6 Å². The van der Waals surface area contributed by atoms with Crippen molar-refractivity contribution < 1.29 is 14.0 Å². The summed E-state index contributed by atoms with van der Waals surface area (Å²) < 4.78 is 13.9. The Hall–Kier alpha value is -2.26. The van der Waals surface area contributed by atoms with E-state index < -0.39 is 6.09 Å². The van der Waals surface area contributed by atoms with E-state index in [1.54, 1.807) is 6.07 Å². The second-order valence-electron chi connectivity index (χ2n) is 7.51. The molecule has 0 unspecified atom stereocenters. The molecule has 2 aliphatic rings. The number of amides is 1. The van der Waals surface area contributed by atoms with Crippen molar-refractivity contribution in [1.29, 1.82) is 0 Å². The first-order valence-electron chi connectivity index (χ1n) is 10.5. The van der Waals surface area contributed by atoms with Crippen LogP contribution in [0, 0.1) is 17.8 Å². The molecule has 0 aliphatic carbocycles. The molecule has 2 heterocycles. The number of hydrogen-bond donors (Lipinski definition) is 1. The number of carbonyl (C=O) groups is 1. The van der Waals surface area contributed by atoms with Crippen LogP contribution in [0.5, 0.6) is 0 Å². The zero-order valence-electron chi connectivity index (χ0n) is 16.5. The second-order valence-corrected chi connectivity index (χ2v) is 7.51. The molecule has 0 radical (unpaired) electrons. The Morgan fingerprint density at radius 3 is 2.46 bits per heavy atom. The Balaban J connectivity index is 1.54. The number of fused-ring (bicyclic) bond motifs is 1. The lowest BCUT2D eigenvalue weighted by molar-refractivity contribution is -0.101. The summed E-state index contributed by atoms with van der Waals surface area (Å²) in [5, 5.41) is 1.24. The van der Waals surface area contributed by atoms with Crippen LogP contribution >= 0.6 is 0 Å². The Kier molecular flexibility index (Phi) is 7.98. The molecule has 1 aromatic carbocycles. The maximum atomic E-state index is 13.9. The molecule has 0 atom stereocenters.